The first-order valence-electron chi connectivity index (χ1n) is 11.4. The van der Waals surface area contributed by atoms with Crippen molar-refractivity contribution in [1.82, 2.24) is 14.3 Å². The average molecular weight is 513 g/mol. The van der Waals surface area contributed by atoms with Crippen LogP contribution in [0.5, 0.6) is 0 Å². The third-order valence-electron chi connectivity index (χ3n) is 6.25. The van der Waals surface area contributed by atoms with Crippen LogP contribution in [0.1, 0.15) is 36.8 Å². The highest BCUT2D eigenvalue weighted by Gasteiger charge is 2.37. The number of likely N-dealkylation sites (N-methyl/N-ethyl adjacent to an activating group) is 1. The minimum absolute atomic E-state index is 0.188. The molecule has 1 unspecified atom stereocenters. The van der Waals surface area contributed by atoms with Gasteiger partial charge in [-0.25, -0.2) is 23.2 Å². The second kappa shape index (κ2) is 10.3. The van der Waals surface area contributed by atoms with E-state index in [4.69, 9.17) is 5.11 Å². The van der Waals surface area contributed by atoms with Crippen molar-refractivity contribution in [2.75, 3.05) is 24.7 Å². The van der Waals surface area contributed by atoms with Gasteiger partial charge in [-0.2, -0.15) is 4.31 Å². The Morgan fingerprint density at radius 2 is 1.86 bits per heavy atom. The smallest absolute Gasteiger partial charge is 0.373 e. The number of para-hydroxylation sites is 1. The van der Waals surface area contributed by atoms with E-state index < -0.39 is 16.0 Å². The predicted molar refractivity (Wildman–Crippen MR) is 138 cm³/mol. The number of unbranched alkanes of at least 4 members (excludes halogenated alkanes) is 1. The zero-order valence-electron chi connectivity index (χ0n) is 19.9. The third-order valence-corrected chi connectivity index (χ3v) is 8.97. The molecular weight excluding hydrogens is 484 g/mol. The molecule has 1 aromatic heterocycles. The lowest BCUT2D eigenvalue weighted by molar-refractivity contribution is 0.0683. The molecule has 8 nitrogen and oxygen atoms in total. The topological polar surface area (TPSA) is 104 Å². The van der Waals surface area contributed by atoms with Gasteiger partial charge in [0.2, 0.25) is 15.8 Å². The van der Waals surface area contributed by atoms with Crippen LogP contribution >= 0.6 is 11.8 Å². The lowest BCUT2D eigenvalue weighted by Gasteiger charge is -2.29. The molecule has 3 aromatic rings. The Balaban J connectivity index is 1.94. The van der Waals surface area contributed by atoms with Gasteiger partial charge >= 0.3 is 5.97 Å². The summed E-state index contributed by atoms with van der Waals surface area (Å²) in [4.78, 5) is 22.2. The molecule has 0 saturated heterocycles. The van der Waals surface area contributed by atoms with Crippen LogP contribution < -0.4 is 4.90 Å². The first kappa shape index (κ1) is 25.2. The Labute approximate surface area is 210 Å². The van der Waals surface area contributed by atoms with E-state index in [1.54, 1.807) is 13.1 Å². The monoisotopic (exact) mass is 512 g/mol. The second-order valence-corrected chi connectivity index (χ2v) is 11.2. The van der Waals surface area contributed by atoms with Crippen LogP contribution in [0.4, 0.5) is 11.4 Å². The molecular formula is C25H28N4O4S2. The number of nitrogens with zero attached hydrogens (tertiary/aromatic N) is 4. The van der Waals surface area contributed by atoms with Crippen molar-refractivity contribution in [3.8, 4) is 11.1 Å². The summed E-state index contributed by atoms with van der Waals surface area (Å²) in [5.41, 5.74) is 2.75. The van der Waals surface area contributed by atoms with E-state index in [0.29, 0.717) is 23.4 Å². The number of benzene rings is 2. The molecule has 35 heavy (non-hydrogen) atoms. The summed E-state index contributed by atoms with van der Waals surface area (Å²) in [6, 6.07) is 13.2. The SMILES string of the molecule is CCCCC1CN(c2ccccc2)c2cc(SC)c(-c3cnc(C(=O)O)nc3)cc2S(=O)(=O)N1C. The van der Waals surface area contributed by atoms with Gasteiger partial charge in [-0.05, 0) is 42.5 Å². The van der Waals surface area contributed by atoms with Crippen molar-refractivity contribution in [3.63, 3.8) is 0 Å². The molecule has 4 rings (SSSR count). The maximum atomic E-state index is 13.9. The van der Waals surface area contributed by atoms with Gasteiger partial charge < -0.3 is 10.0 Å². The number of carboxylic acids is 1. The second-order valence-electron chi connectivity index (χ2n) is 8.38. The van der Waals surface area contributed by atoms with Crippen LogP contribution in [0, 0.1) is 0 Å². The van der Waals surface area contributed by atoms with Crippen molar-refractivity contribution in [3.05, 3.63) is 60.7 Å². The van der Waals surface area contributed by atoms with Crippen LogP contribution in [0.25, 0.3) is 11.1 Å². The van der Waals surface area contributed by atoms with E-state index in [1.165, 1.54) is 28.5 Å². The number of carboxylic acid groups (broad SMARTS) is 1. The number of rotatable bonds is 7. The van der Waals surface area contributed by atoms with E-state index in [0.717, 1.165) is 29.8 Å². The third kappa shape index (κ3) is 4.91. The summed E-state index contributed by atoms with van der Waals surface area (Å²) < 4.78 is 29.3. The van der Waals surface area contributed by atoms with Crippen LogP contribution in [0.15, 0.2) is 64.6 Å². The molecule has 2 aromatic carbocycles. The Morgan fingerprint density at radius 1 is 1.17 bits per heavy atom. The highest BCUT2D eigenvalue weighted by molar-refractivity contribution is 7.98. The summed E-state index contributed by atoms with van der Waals surface area (Å²) in [7, 11) is -2.15. The number of fused-ring (bicyclic) bond motifs is 1. The molecule has 0 saturated carbocycles. The molecule has 0 radical (unpaired) electrons. The van der Waals surface area contributed by atoms with Gasteiger partial charge in [0, 0.05) is 48.2 Å². The van der Waals surface area contributed by atoms with Crippen molar-refractivity contribution in [2.45, 2.75) is 42.0 Å². The maximum absolute atomic E-state index is 13.9. The summed E-state index contributed by atoms with van der Waals surface area (Å²) in [6.07, 6.45) is 7.43. The molecule has 1 aliphatic rings. The average Bonchev–Trinajstić information content (AvgIpc) is 2.95. The van der Waals surface area contributed by atoms with Crippen LogP contribution in [0.2, 0.25) is 0 Å². The van der Waals surface area contributed by atoms with Gasteiger partial charge in [-0.1, -0.05) is 38.0 Å². The van der Waals surface area contributed by atoms with Crippen molar-refractivity contribution in [2.24, 2.45) is 0 Å². The Hall–Kier alpha value is -2.95. The van der Waals surface area contributed by atoms with Gasteiger partial charge in [-0.3, -0.25) is 0 Å². The number of sulfonamides is 1. The van der Waals surface area contributed by atoms with Crippen molar-refractivity contribution < 1.29 is 18.3 Å². The quantitative estimate of drug-likeness (QED) is 0.446. The van der Waals surface area contributed by atoms with Crippen molar-refractivity contribution in [1.29, 1.82) is 0 Å². The highest BCUT2D eigenvalue weighted by Crippen LogP contribution is 2.43. The standard InChI is InChI=1S/C25H28N4O4S2/c1-4-5-9-19-16-29(18-10-7-6-8-11-18)21-13-22(34-3)20(12-23(21)35(32,33)28(19)2)17-14-26-24(25(30)31)27-15-17/h6-8,10-15,19H,4-5,9,16H2,1-3H3,(H,30,31). The molecule has 0 aliphatic carbocycles. The van der Waals surface area contributed by atoms with E-state index in [-0.39, 0.29) is 16.8 Å². The number of carbonyl (C=O) groups is 1. The number of hydrogen-bond donors (Lipinski definition) is 1. The van der Waals surface area contributed by atoms with E-state index in [9.17, 15) is 13.2 Å². The molecule has 2 heterocycles. The van der Waals surface area contributed by atoms with Gasteiger partial charge in [0.1, 0.15) is 4.90 Å². The minimum Gasteiger partial charge on any atom is -0.475 e. The number of hydrogen-bond acceptors (Lipinski definition) is 7. The molecule has 0 bridgehead atoms. The van der Waals surface area contributed by atoms with E-state index in [2.05, 4.69) is 21.8 Å². The van der Waals surface area contributed by atoms with Crippen LogP contribution in [-0.2, 0) is 10.0 Å². The summed E-state index contributed by atoms with van der Waals surface area (Å²) in [6.45, 7) is 2.64. The molecule has 1 aliphatic heterocycles. The first-order chi connectivity index (χ1) is 16.8. The fraction of sp³-hybridized carbons (Fsp3) is 0.320. The number of thioether (sulfide) groups is 1. The largest absolute Gasteiger partial charge is 0.475 e. The maximum Gasteiger partial charge on any atom is 0.373 e. The van der Waals surface area contributed by atoms with Crippen molar-refractivity contribution >= 4 is 39.1 Å². The van der Waals surface area contributed by atoms with Gasteiger partial charge in [0.05, 0.1) is 5.69 Å². The molecule has 1 N–H and O–H groups in total. The molecule has 0 amide bonds. The molecule has 0 fully saturated rings. The summed E-state index contributed by atoms with van der Waals surface area (Å²) in [5, 5.41) is 9.14. The molecule has 10 heteroatoms. The van der Waals surface area contributed by atoms with E-state index >= 15 is 0 Å². The van der Waals surface area contributed by atoms with E-state index in [1.807, 2.05) is 42.7 Å². The molecule has 1 atom stereocenters. The fourth-order valence-corrected chi connectivity index (χ4v) is 6.48. The van der Waals surface area contributed by atoms with Gasteiger partial charge in [0.15, 0.2) is 0 Å². The molecule has 184 valence electrons. The normalized spacial score (nSPS) is 17.6. The summed E-state index contributed by atoms with van der Waals surface area (Å²) >= 11 is 1.49. The highest BCUT2D eigenvalue weighted by atomic mass is 32.2. The molecule has 0 spiro atoms. The fourth-order valence-electron chi connectivity index (χ4n) is 4.28. The zero-order chi connectivity index (χ0) is 25.2. The Morgan fingerprint density at radius 3 is 2.46 bits per heavy atom. The minimum atomic E-state index is -3.81. The predicted octanol–water partition coefficient (Wildman–Crippen LogP) is 4.89. The zero-order valence-corrected chi connectivity index (χ0v) is 21.5. The van der Waals surface area contributed by atoms with Gasteiger partial charge in [-0.15, -0.1) is 11.8 Å². The lowest BCUT2D eigenvalue weighted by Crippen LogP contribution is -2.40. The number of aromatic carboxylic acids is 1. The lowest BCUT2D eigenvalue weighted by atomic mass is 10.1. The Kier molecular flexibility index (Phi) is 7.44. The number of aromatic nitrogens is 2. The first-order valence-corrected chi connectivity index (χ1v) is 14.0. The van der Waals surface area contributed by atoms with Crippen LogP contribution in [0.3, 0.4) is 0 Å². The Bertz CT molecular complexity index is 1320. The number of anilines is 2. The summed E-state index contributed by atoms with van der Waals surface area (Å²) in [5.74, 6) is -1.53. The van der Waals surface area contributed by atoms with Gasteiger partial charge in [0.25, 0.3) is 0 Å². The van der Waals surface area contributed by atoms with Crippen LogP contribution in [-0.4, -0.2) is 59.7 Å².